The first-order valence-electron chi connectivity index (χ1n) is 5.45. The number of carbonyl (C=O) groups excluding carboxylic acids is 1. The number of aliphatic hydroxyl groups excluding tert-OH is 3. The molecule has 5 nitrogen and oxygen atoms in total. The number of nitrogens with one attached hydrogen (secondary N) is 1. The average molecular weight is 257 g/mol. The van der Waals surface area contributed by atoms with Crippen molar-refractivity contribution in [3.63, 3.8) is 0 Å². The molecule has 0 aliphatic heterocycles. The quantitative estimate of drug-likeness (QED) is 0.590. The van der Waals surface area contributed by atoms with E-state index in [1.807, 2.05) is 0 Å². The second-order valence-corrected chi connectivity index (χ2v) is 3.95. The number of amides is 1. The van der Waals surface area contributed by atoms with Crippen LogP contribution >= 0.6 is 0 Å². The summed E-state index contributed by atoms with van der Waals surface area (Å²) in [5, 5.41) is 31.0. The van der Waals surface area contributed by atoms with Crippen LogP contribution in [0.1, 0.15) is 24.2 Å². The fraction of sp³-hybridized carbons (Fsp3) is 0.417. The van der Waals surface area contributed by atoms with Crippen LogP contribution in [0, 0.1) is 5.82 Å². The summed E-state index contributed by atoms with van der Waals surface area (Å²) in [4.78, 5) is 10.7. The number of hydrogen-bond donors (Lipinski definition) is 4. The van der Waals surface area contributed by atoms with Crippen LogP contribution in [0.15, 0.2) is 18.2 Å². The van der Waals surface area contributed by atoms with Crippen molar-refractivity contribution >= 4 is 5.91 Å². The van der Waals surface area contributed by atoms with Crippen LogP contribution < -0.4 is 5.32 Å². The lowest BCUT2D eigenvalue weighted by Crippen LogP contribution is -2.34. The van der Waals surface area contributed by atoms with E-state index in [0.29, 0.717) is 0 Å². The first-order chi connectivity index (χ1) is 8.45. The molecule has 0 spiro atoms. The van der Waals surface area contributed by atoms with Crippen molar-refractivity contribution in [1.82, 2.24) is 5.32 Å². The van der Waals surface area contributed by atoms with Crippen molar-refractivity contribution < 1.29 is 24.5 Å². The first-order valence-corrected chi connectivity index (χ1v) is 5.45. The molecule has 0 aliphatic rings. The maximum absolute atomic E-state index is 12.9. The van der Waals surface area contributed by atoms with Gasteiger partial charge in [0, 0.05) is 13.5 Å². The van der Waals surface area contributed by atoms with Crippen molar-refractivity contribution in [3.8, 4) is 0 Å². The van der Waals surface area contributed by atoms with Crippen LogP contribution in [-0.2, 0) is 11.4 Å². The normalized spacial score (nSPS) is 14.1. The van der Waals surface area contributed by atoms with Gasteiger partial charge in [0.15, 0.2) is 0 Å². The van der Waals surface area contributed by atoms with E-state index in [4.69, 9.17) is 5.11 Å². The molecule has 1 aromatic carbocycles. The molecule has 1 aromatic rings. The lowest BCUT2D eigenvalue weighted by Gasteiger charge is -2.20. The number of hydrogen-bond acceptors (Lipinski definition) is 4. The molecule has 2 unspecified atom stereocenters. The molecule has 0 radical (unpaired) electrons. The van der Waals surface area contributed by atoms with E-state index in [9.17, 15) is 19.4 Å². The van der Waals surface area contributed by atoms with Crippen molar-refractivity contribution in [2.75, 3.05) is 6.54 Å². The highest BCUT2D eigenvalue weighted by Crippen LogP contribution is 2.22. The van der Waals surface area contributed by atoms with Crippen molar-refractivity contribution in [2.24, 2.45) is 0 Å². The van der Waals surface area contributed by atoms with Gasteiger partial charge in [-0.3, -0.25) is 4.79 Å². The maximum Gasteiger partial charge on any atom is 0.216 e. The molecule has 0 aliphatic carbocycles. The zero-order valence-electron chi connectivity index (χ0n) is 9.93. The van der Waals surface area contributed by atoms with E-state index in [1.165, 1.54) is 13.0 Å². The van der Waals surface area contributed by atoms with Crippen molar-refractivity contribution in [2.45, 2.75) is 25.7 Å². The summed E-state index contributed by atoms with van der Waals surface area (Å²) in [6.45, 7) is 0.714. The highest BCUT2D eigenvalue weighted by Gasteiger charge is 2.21. The predicted octanol–water partition coefficient (Wildman–Crippen LogP) is -0.152. The molecule has 4 N–H and O–H groups in total. The highest BCUT2D eigenvalue weighted by molar-refractivity contribution is 5.72. The van der Waals surface area contributed by atoms with Gasteiger partial charge in [0.05, 0.1) is 6.61 Å². The Kier molecular flexibility index (Phi) is 5.21. The number of halogens is 1. The van der Waals surface area contributed by atoms with Crippen LogP contribution in [-0.4, -0.2) is 33.9 Å². The van der Waals surface area contributed by atoms with Crippen LogP contribution in [0.5, 0.6) is 0 Å². The lowest BCUT2D eigenvalue weighted by atomic mass is 9.98. The Hall–Kier alpha value is -1.50. The fourth-order valence-electron chi connectivity index (χ4n) is 1.57. The van der Waals surface area contributed by atoms with E-state index in [0.717, 1.165) is 12.1 Å². The molecular weight excluding hydrogens is 241 g/mol. The minimum Gasteiger partial charge on any atom is -0.392 e. The SMILES string of the molecule is CC(=O)NCC(O)C(O)c1ccc(F)cc1CO. The first kappa shape index (κ1) is 14.6. The molecule has 6 heteroatoms. The van der Waals surface area contributed by atoms with Gasteiger partial charge in [-0.15, -0.1) is 0 Å². The van der Waals surface area contributed by atoms with Crippen molar-refractivity contribution in [1.29, 1.82) is 0 Å². The largest absolute Gasteiger partial charge is 0.392 e. The number of rotatable bonds is 5. The number of benzene rings is 1. The standard InChI is InChI=1S/C12H16FNO4/c1-7(16)14-5-11(17)12(18)10-3-2-9(13)4-8(10)6-15/h2-4,11-12,15,17-18H,5-6H2,1H3,(H,14,16). The predicted molar refractivity (Wildman–Crippen MR) is 62.0 cm³/mol. The molecule has 0 saturated carbocycles. The Bertz CT molecular complexity index is 425. The van der Waals surface area contributed by atoms with Gasteiger partial charge in [-0.05, 0) is 23.3 Å². The zero-order valence-corrected chi connectivity index (χ0v) is 9.93. The minimum atomic E-state index is -1.31. The van der Waals surface area contributed by atoms with Gasteiger partial charge in [-0.25, -0.2) is 4.39 Å². The summed E-state index contributed by atoms with van der Waals surface area (Å²) in [7, 11) is 0. The topological polar surface area (TPSA) is 89.8 Å². The molecule has 1 rings (SSSR count). The van der Waals surface area contributed by atoms with E-state index < -0.39 is 24.6 Å². The van der Waals surface area contributed by atoms with Gasteiger partial charge in [0.1, 0.15) is 18.0 Å². The molecule has 18 heavy (non-hydrogen) atoms. The molecule has 1 amide bonds. The van der Waals surface area contributed by atoms with Crippen LogP contribution in [0.25, 0.3) is 0 Å². The molecule has 2 atom stereocenters. The van der Waals surface area contributed by atoms with Gasteiger partial charge in [-0.2, -0.15) is 0 Å². The Morgan fingerprint density at radius 2 is 2.11 bits per heavy atom. The third-order valence-electron chi connectivity index (χ3n) is 2.52. The van der Waals surface area contributed by atoms with Crippen LogP contribution in [0.2, 0.25) is 0 Å². The summed E-state index contributed by atoms with van der Waals surface area (Å²) in [6.07, 6.45) is -2.54. The minimum absolute atomic E-state index is 0.126. The fourth-order valence-corrected chi connectivity index (χ4v) is 1.57. The second-order valence-electron chi connectivity index (χ2n) is 3.95. The molecule has 0 aromatic heterocycles. The van der Waals surface area contributed by atoms with E-state index in [2.05, 4.69) is 5.32 Å². The van der Waals surface area contributed by atoms with Crippen molar-refractivity contribution in [3.05, 3.63) is 35.1 Å². The molecule has 0 bridgehead atoms. The van der Waals surface area contributed by atoms with E-state index in [1.54, 1.807) is 0 Å². The molecule has 0 saturated heterocycles. The molecular formula is C12H16FNO4. The lowest BCUT2D eigenvalue weighted by molar-refractivity contribution is -0.119. The van der Waals surface area contributed by atoms with Gasteiger partial charge in [0.2, 0.25) is 5.91 Å². The van der Waals surface area contributed by atoms with E-state index in [-0.39, 0.29) is 23.6 Å². The van der Waals surface area contributed by atoms with Crippen LogP contribution in [0.4, 0.5) is 4.39 Å². The van der Waals surface area contributed by atoms with Gasteiger partial charge in [-0.1, -0.05) is 6.07 Å². The summed E-state index contributed by atoms with van der Waals surface area (Å²) in [6, 6.07) is 3.51. The average Bonchev–Trinajstić information content (AvgIpc) is 2.34. The smallest absolute Gasteiger partial charge is 0.216 e. The van der Waals surface area contributed by atoms with Gasteiger partial charge < -0.3 is 20.6 Å². The molecule has 100 valence electrons. The number of aliphatic hydroxyl groups is 3. The second kappa shape index (κ2) is 6.44. The van der Waals surface area contributed by atoms with Gasteiger partial charge in [0.25, 0.3) is 0 Å². The maximum atomic E-state index is 12.9. The third kappa shape index (κ3) is 3.76. The summed E-state index contributed by atoms with van der Waals surface area (Å²) in [5.41, 5.74) is 0.432. The zero-order chi connectivity index (χ0) is 13.7. The molecule has 0 heterocycles. The van der Waals surface area contributed by atoms with Gasteiger partial charge >= 0.3 is 0 Å². The summed E-state index contributed by atoms with van der Waals surface area (Å²) < 4.78 is 12.9. The summed E-state index contributed by atoms with van der Waals surface area (Å²) >= 11 is 0. The third-order valence-corrected chi connectivity index (χ3v) is 2.52. The Morgan fingerprint density at radius 3 is 2.67 bits per heavy atom. The highest BCUT2D eigenvalue weighted by atomic mass is 19.1. The summed E-state index contributed by atoms with van der Waals surface area (Å²) in [5.74, 6) is -0.867. The molecule has 0 fully saturated rings. The van der Waals surface area contributed by atoms with E-state index >= 15 is 0 Å². The Morgan fingerprint density at radius 1 is 1.44 bits per heavy atom. The van der Waals surface area contributed by atoms with Crippen LogP contribution in [0.3, 0.4) is 0 Å². The number of carbonyl (C=O) groups is 1. The Balaban J connectivity index is 2.82. The monoisotopic (exact) mass is 257 g/mol. The Labute approximate surface area is 104 Å².